The normalized spacial score (nSPS) is 9.65. The van der Waals surface area contributed by atoms with Crippen molar-refractivity contribution in [1.82, 2.24) is 4.98 Å². The van der Waals surface area contributed by atoms with Gasteiger partial charge >= 0.3 is 0 Å². The van der Waals surface area contributed by atoms with Crippen LogP contribution in [-0.2, 0) is 6.42 Å². The van der Waals surface area contributed by atoms with Crippen LogP contribution in [0.5, 0.6) is 11.6 Å². The number of nitriles is 1. The van der Waals surface area contributed by atoms with E-state index >= 15 is 0 Å². The van der Waals surface area contributed by atoms with Crippen molar-refractivity contribution in [3.05, 3.63) is 53.2 Å². The van der Waals surface area contributed by atoms with Crippen LogP contribution in [0.25, 0.3) is 0 Å². The first-order valence-electron chi connectivity index (χ1n) is 5.04. The Morgan fingerprint density at radius 3 is 2.88 bits per heavy atom. The maximum atomic E-state index is 8.63. The molecule has 0 amide bonds. The number of halogens is 1. The van der Waals surface area contributed by atoms with Crippen molar-refractivity contribution in [1.29, 1.82) is 5.26 Å². The van der Waals surface area contributed by atoms with Crippen LogP contribution in [0.3, 0.4) is 0 Å². The number of hydrogen-bond acceptors (Lipinski definition) is 3. The molecule has 0 fully saturated rings. The highest BCUT2D eigenvalue weighted by Gasteiger charge is 2.05. The first-order chi connectivity index (χ1) is 8.29. The van der Waals surface area contributed by atoms with Gasteiger partial charge in [0.05, 0.1) is 17.5 Å². The standard InChI is InChI=1S/C13H9ClN2O/c14-11-5-4-10(6-7-15)9-12(11)17-13-3-1-2-8-16-13/h1-5,8-9H,6H2. The van der Waals surface area contributed by atoms with Gasteiger partial charge in [0.15, 0.2) is 0 Å². The molecule has 1 heterocycles. The van der Waals surface area contributed by atoms with Crippen LogP contribution in [0.2, 0.25) is 5.02 Å². The minimum Gasteiger partial charge on any atom is -0.437 e. The van der Waals surface area contributed by atoms with Crippen LogP contribution in [0.1, 0.15) is 5.56 Å². The zero-order valence-corrected chi connectivity index (χ0v) is 9.69. The number of pyridine rings is 1. The van der Waals surface area contributed by atoms with Crippen molar-refractivity contribution in [2.24, 2.45) is 0 Å². The summed E-state index contributed by atoms with van der Waals surface area (Å²) in [5, 5.41) is 9.13. The molecule has 0 saturated heterocycles. The highest BCUT2D eigenvalue weighted by atomic mass is 35.5. The Hall–Kier alpha value is -2.05. The fraction of sp³-hybridized carbons (Fsp3) is 0.0769. The van der Waals surface area contributed by atoms with Gasteiger partial charge < -0.3 is 4.74 Å². The number of nitrogens with zero attached hydrogens (tertiary/aromatic N) is 2. The molecule has 17 heavy (non-hydrogen) atoms. The smallest absolute Gasteiger partial charge is 0.219 e. The lowest BCUT2D eigenvalue weighted by Gasteiger charge is -2.07. The van der Waals surface area contributed by atoms with E-state index in [2.05, 4.69) is 11.1 Å². The van der Waals surface area contributed by atoms with Gasteiger partial charge in [-0.25, -0.2) is 4.98 Å². The molecule has 3 nitrogen and oxygen atoms in total. The lowest BCUT2D eigenvalue weighted by molar-refractivity contribution is 0.463. The zero-order chi connectivity index (χ0) is 12.1. The number of benzene rings is 1. The predicted octanol–water partition coefficient (Wildman–Crippen LogP) is 3.59. The molecule has 0 spiro atoms. The average Bonchev–Trinajstić information content (AvgIpc) is 2.35. The van der Waals surface area contributed by atoms with Crippen LogP contribution in [0.15, 0.2) is 42.6 Å². The average molecular weight is 245 g/mol. The van der Waals surface area contributed by atoms with Gasteiger partial charge in [0, 0.05) is 12.3 Å². The second kappa shape index (κ2) is 5.33. The second-order valence-electron chi connectivity index (χ2n) is 3.37. The molecule has 0 bridgehead atoms. The van der Waals surface area contributed by atoms with Crippen LogP contribution >= 0.6 is 11.6 Å². The molecule has 1 aromatic heterocycles. The predicted molar refractivity (Wildman–Crippen MR) is 65.1 cm³/mol. The molecule has 0 atom stereocenters. The van der Waals surface area contributed by atoms with Gasteiger partial charge in [-0.2, -0.15) is 5.26 Å². The largest absolute Gasteiger partial charge is 0.437 e. The van der Waals surface area contributed by atoms with Crippen LogP contribution < -0.4 is 4.74 Å². The van der Waals surface area contributed by atoms with Gasteiger partial charge in [-0.3, -0.25) is 0 Å². The lowest BCUT2D eigenvalue weighted by Crippen LogP contribution is -1.90. The summed E-state index contributed by atoms with van der Waals surface area (Å²) in [5.74, 6) is 0.988. The summed E-state index contributed by atoms with van der Waals surface area (Å²) < 4.78 is 5.54. The van der Waals surface area contributed by atoms with Gasteiger partial charge in [-0.05, 0) is 23.8 Å². The first kappa shape index (κ1) is 11.4. The summed E-state index contributed by atoms with van der Waals surface area (Å²) in [4.78, 5) is 4.04. The van der Waals surface area contributed by atoms with Gasteiger partial charge in [-0.1, -0.05) is 23.7 Å². The minimum absolute atomic E-state index is 0.329. The van der Waals surface area contributed by atoms with Gasteiger partial charge in [0.1, 0.15) is 5.75 Å². The molecule has 0 aliphatic heterocycles. The minimum atomic E-state index is 0.329. The summed E-state index contributed by atoms with van der Waals surface area (Å²) in [6.07, 6.45) is 1.97. The number of hydrogen-bond donors (Lipinski definition) is 0. The fourth-order valence-electron chi connectivity index (χ4n) is 1.35. The van der Waals surface area contributed by atoms with E-state index in [4.69, 9.17) is 21.6 Å². The molecule has 2 rings (SSSR count). The summed E-state index contributed by atoms with van der Waals surface area (Å²) in [5.41, 5.74) is 0.864. The second-order valence-corrected chi connectivity index (χ2v) is 3.78. The maximum absolute atomic E-state index is 8.63. The summed E-state index contributed by atoms with van der Waals surface area (Å²) >= 11 is 6.01. The van der Waals surface area contributed by atoms with E-state index in [1.165, 1.54) is 0 Å². The van der Waals surface area contributed by atoms with Gasteiger partial charge in [0.2, 0.25) is 5.88 Å². The number of rotatable bonds is 3. The molecule has 0 aliphatic carbocycles. The summed E-state index contributed by atoms with van der Waals surface area (Å²) in [6, 6.07) is 12.7. The lowest BCUT2D eigenvalue weighted by atomic mass is 10.1. The Kier molecular flexibility index (Phi) is 3.59. The molecule has 2 aromatic rings. The first-order valence-corrected chi connectivity index (χ1v) is 5.41. The Balaban J connectivity index is 2.26. The Morgan fingerprint density at radius 2 is 2.18 bits per heavy atom. The molecule has 0 aliphatic rings. The van der Waals surface area contributed by atoms with Crippen LogP contribution in [-0.4, -0.2) is 4.98 Å². The molecule has 4 heteroatoms. The van der Waals surface area contributed by atoms with Crippen molar-refractivity contribution in [2.45, 2.75) is 6.42 Å². The van der Waals surface area contributed by atoms with E-state index in [9.17, 15) is 0 Å². The Bertz CT molecular complexity index is 549. The summed E-state index contributed by atoms with van der Waals surface area (Å²) in [7, 11) is 0. The van der Waals surface area contributed by atoms with E-state index < -0.39 is 0 Å². The van der Waals surface area contributed by atoms with E-state index in [0.717, 1.165) is 5.56 Å². The third kappa shape index (κ3) is 2.96. The molecule has 1 aromatic carbocycles. The van der Waals surface area contributed by atoms with E-state index in [-0.39, 0.29) is 0 Å². The summed E-state index contributed by atoms with van der Waals surface area (Å²) in [6.45, 7) is 0. The molecule has 0 radical (unpaired) electrons. The number of ether oxygens (including phenoxy) is 1. The molecule has 84 valence electrons. The van der Waals surface area contributed by atoms with Crippen LogP contribution in [0, 0.1) is 11.3 Å². The quantitative estimate of drug-likeness (QED) is 0.829. The van der Waals surface area contributed by atoms with E-state index in [1.54, 1.807) is 36.5 Å². The monoisotopic (exact) mass is 244 g/mol. The van der Waals surface area contributed by atoms with Crippen molar-refractivity contribution in [3.63, 3.8) is 0 Å². The van der Waals surface area contributed by atoms with E-state index in [1.807, 2.05) is 6.07 Å². The highest BCUT2D eigenvalue weighted by molar-refractivity contribution is 6.32. The third-order valence-electron chi connectivity index (χ3n) is 2.13. The van der Waals surface area contributed by atoms with E-state index in [0.29, 0.717) is 23.1 Å². The molecule has 0 N–H and O–H groups in total. The van der Waals surface area contributed by atoms with Gasteiger partial charge in [-0.15, -0.1) is 0 Å². The molecule has 0 unspecified atom stereocenters. The highest BCUT2D eigenvalue weighted by Crippen LogP contribution is 2.29. The molecular weight excluding hydrogens is 236 g/mol. The van der Waals surface area contributed by atoms with Crippen molar-refractivity contribution in [2.75, 3.05) is 0 Å². The topological polar surface area (TPSA) is 45.9 Å². The zero-order valence-electron chi connectivity index (χ0n) is 8.93. The van der Waals surface area contributed by atoms with Crippen LogP contribution in [0.4, 0.5) is 0 Å². The SMILES string of the molecule is N#CCc1ccc(Cl)c(Oc2ccccn2)c1. The Labute approximate surface area is 104 Å². The van der Waals surface area contributed by atoms with Crippen molar-refractivity contribution >= 4 is 11.6 Å². The van der Waals surface area contributed by atoms with Gasteiger partial charge in [0.25, 0.3) is 0 Å². The molecular formula is C13H9ClN2O. The number of aromatic nitrogens is 1. The van der Waals surface area contributed by atoms with Crippen molar-refractivity contribution < 1.29 is 4.74 Å². The fourth-order valence-corrected chi connectivity index (χ4v) is 1.50. The Morgan fingerprint density at radius 1 is 1.29 bits per heavy atom. The molecule has 0 saturated carbocycles. The maximum Gasteiger partial charge on any atom is 0.219 e. The van der Waals surface area contributed by atoms with Crippen molar-refractivity contribution in [3.8, 4) is 17.7 Å². The third-order valence-corrected chi connectivity index (χ3v) is 2.44.